The molecule has 0 radical (unpaired) electrons. The van der Waals surface area contributed by atoms with Crippen LogP contribution in [0, 0.1) is 22.2 Å². The molecule has 1 atom stereocenters. The highest BCUT2D eigenvalue weighted by Gasteiger charge is 2.63. The third-order valence-electron chi connectivity index (χ3n) is 6.04. The van der Waals surface area contributed by atoms with Crippen LogP contribution >= 0.6 is 0 Å². The lowest BCUT2D eigenvalue weighted by Gasteiger charge is -2.19. The Labute approximate surface area is 126 Å². The quantitative estimate of drug-likeness (QED) is 0.503. The second-order valence-electron chi connectivity index (χ2n) is 7.64. The standard InChI is InChI=1S/C19H33N/c1-18(17-20)16-19(18)14-12-10-8-6-4-2-3-5-7-9-11-13-15-19/h2-16H2,1H3. The average Bonchev–Trinajstić information content (AvgIpc) is 3.05. The molecule has 0 N–H and O–H groups in total. The van der Waals surface area contributed by atoms with Crippen LogP contribution in [0.3, 0.4) is 0 Å². The van der Waals surface area contributed by atoms with Crippen LogP contribution in [0.1, 0.15) is 103 Å². The maximum Gasteiger partial charge on any atom is 0.0692 e. The molecule has 2 fully saturated rings. The summed E-state index contributed by atoms with van der Waals surface area (Å²) in [7, 11) is 0. The molecule has 1 heteroatoms. The summed E-state index contributed by atoms with van der Waals surface area (Å²) in [6.45, 7) is 2.21. The molecular formula is C19H33N. The molecule has 1 nitrogen and oxygen atoms in total. The SMILES string of the molecule is CC1(C#N)CC12CCCCCCCCCCCCCC2. The molecule has 0 bridgehead atoms. The van der Waals surface area contributed by atoms with Gasteiger partial charge in [0.15, 0.2) is 0 Å². The summed E-state index contributed by atoms with van der Waals surface area (Å²) in [5.41, 5.74) is 0.420. The van der Waals surface area contributed by atoms with Gasteiger partial charge in [-0.15, -0.1) is 0 Å². The average molecular weight is 275 g/mol. The van der Waals surface area contributed by atoms with E-state index >= 15 is 0 Å². The fraction of sp³-hybridized carbons (Fsp3) is 0.947. The molecule has 20 heavy (non-hydrogen) atoms. The third kappa shape index (κ3) is 4.00. The van der Waals surface area contributed by atoms with Crippen LogP contribution in [0.15, 0.2) is 0 Å². The summed E-state index contributed by atoms with van der Waals surface area (Å²) >= 11 is 0. The van der Waals surface area contributed by atoms with Crippen molar-refractivity contribution >= 4 is 0 Å². The fourth-order valence-electron chi connectivity index (χ4n) is 4.34. The van der Waals surface area contributed by atoms with Gasteiger partial charge in [0.1, 0.15) is 0 Å². The van der Waals surface area contributed by atoms with E-state index in [1.54, 1.807) is 0 Å². The summed E-state index contributed by atoms with van der Waals surface area (Å²) < 4.78 is 0. The minimum absolute atomic E-state index is 0.0148. The van der Waals surface area contributed by atoms with Crippen molar-refractivity contribution in [3.8, 4) is 6.07 Å². The van der Waals surface area contributed by atoms with Gasteiger partial charge in [-0.05, 0) is 31.6 Å². The summed E-state index contributed by atoms with van der Waals surface area (Å²) in [6, 6.07) is 2.62. The molecule has 2 rings (SSSR count). The zero-order valence-electron chi connectivity index (χ0n) is 13.6. The van der Waals surface area contributed by atoms with Crippen LogP contribution < -0.4 is 0 Å². The van der Waals surface area contributed by atoms with Crippen molar-refractivity contribution in [1.82, 2.24) is 0 Å². The first-order chi connectivity index (χ1) is 9.72. The second-order valence-corrected chi connectivity index (χ2v) is 7.64. The van der Waals surface area contributed by atoms with E-state index in [2.05, 4.69) is 13.0 Å². The molecule has 1 spiro atoms. The van der Waals surface area contributed by atoms with Gasteiger partial charge in [0.2, 0.25) is 0 Å². The topological polar surface area (TPSA) is 23.8 Å². The van der Waals surface area contributed by atoms with Crippen LogP contribution in [0.25, 0.3) is 0 Å². The number of hydrogen-bond donors (Lipinski definition) is 0. The molecule has 0 amide bonds. The Morgan fingerprint density at radius 1 is 0.650 bits per heavy atom. The van der Waals surface area contributed by atoms with Gasteiger partial charge in [-0.3, -0.25) is 0 Å². The zero-order valence-corrected chi connectivity index (χ0v) is 13.6. The smallest absolute Gasteiger partial charge is 0.0692 e. The number of hydrogen-bond acceptors (Lipinski definition) is 1. The highest BCUT2D eigenvalue weighted by atomic mass is 14.7. The van der Waals surface area contributed by atoms with Crippen molar-refractivity contribution in [2.24, 2.45) is 10.8 Å². The monoisotopic (exact) mass is 275 g/mol. The number of nitrogens with zero attached hydrogens (tertiary/aromatic N) is 1. The van der Waals surface area contributed by atoms with Crippen LogP contribution in [-0.2, 0) is 0 Å². The highest BCUT2D eigenvalue weighted by molar-refractivity contribution is 5.22. The molecule has 0 aromatic rings. The predicted octanol–water partition coefficient (Wildman–Crippen LogP) is 6.38. The summed E-state index contributed by atoms with van der Waals surface area (Å²) in [4.78, 5) is 0. The first-order valence-corrected chi connectivity index (χ1v) is 9.14. The van der Waals surface area contributed by atoms with Crippen molar-refractivity contribution in [3.63, 3.8) is 0 Å². The molecule has 0 aliphatic heterocycles. The first-order valence-electron chi connectivity index (χ1n) is 9.14. The highest BCUT2D eigenvalue weighted by Crippen LogP contribution is 2.68. The minimum atomic E-state index is 0.0148. The van der Waals surface area contributed by atoms with Gasteiger partial charge in [0.25, 0.3) is 0 Å². The van der Waals surface area contributed by atoms with Gasteiger partial charge in [0.05, 0.1) is 11.5 Å². The lowest BCUT2D eigenvalue weighted by Crippen LogP contribution is -2.10. The number of rotatable bonds is 0. The van der Waals surface area contributed by atoms with Crippen LogP contribution in [-0.4, -0.2) is 0 Å². The molecule has 1 unspecified atom stereocenters. The molecule has 2 saturated carbocycles. The Kier molecular flexibility index (Phi) is 5.94. The second kappa shape index (κ2) is 7.48. The molecule has 0 saturated heterocycles. The summed E-state index contributed by atoms with van der Waals surface area (Å²) in [5.74, 6) is 0. The van der Waals surface area contributed by atoms with Gasteiger partial charge in [-0.2, -0.15) is 5.26 Å². The minimum Gasteiger partial charge on any atom is -0.198 e. The van der Waals surface area contributed by atoms with E-state index in [0.717, 1.165) is 0 Å². The normalized spacial score (nSPS) is 32.8. The van der Waals surface area contributed by atoms with Crippen LogP contribution in [0.5, 0.6) is 0 Å². The van der Waals surface area contributed by atoms with Crippen LogP contribution in [0.4, 0.5) is 0 Å². The maximum atomic E-state index is 9.44. The lowest BCUT2D eigenvalue weighted by atomic mass is 9.84. The molecule has 114 valence electrons. The lowest BCUT2D eigenvalue weighted by molar-refractivity contribution is 0.329. The summed E-state index contributed by atoms with van der Waals surface area (Å²) in [6.07, 6.45) is 20.8. The van der Waals surface area contributed by atoms with Crippen LogP contribution in [0.2, 0.25) is 0 Å². The van der Waals surface area contributed by atoms with E-state index in [1.807, 2.05) is 0 Å². The Bertz CT molecular complexity index is 311. The third-order valence-corrected chi connectivity index (χ3v) is 6.04. The largest absolute Gasteiger partial charge is 0.198 e. The van der Waals surface area contributed by atoms with Crippen molar-refractivity contribution in [1.29, 1.82) is 5.26 Å². The molecule has 0 heterocycles. The van der Waals surface area contributed by atoms with E-state index in [1.165, 1.54) is 96.3 Å². The van der Waals surface area contributed by atoms with Gasteiger partial charge < -0.3 is 0 Å². The molecule has 2 aliphatic carbocycles. The maximum absolute atomic E-state index is 9.44. The van der Waals surface area contributed by atoms with Crippen molar-refractivity contribution in [2.45, 2.75) is 103 Å². The van der Waals surface area contributed by atoms with Gasteiger partial charge >= 0.3 is 0 Å². The van der Waals surface area contributed by atoms with Gasteiger partial charge in [0, 0.05) is 0 Å². The van der Waals surface area contributed by atoms with Crippen molar-refractivity contribution in [2.75, 3.05) is 0 Å². The summed E-state index contributed by atoms with van der Waals surface area (Å²) in [5, 5.41) is 9.44. The predicted molar refractivity (Wildman–Crippen MR) is 85.4 cm³/mol. The van der Waals surface area contributed by atoms with E-state index < -0.39 is 0 Å². The zero-order chi connectivity index (χ0) is 14.3. The Morgan fingerprint density at radius 2 is 1.00 bits per heavy atom. The Hall–Kier alpha value is -0.510. The molecule has 2 aliphatic rings. The van der Waals surface area contributed by atoms with E-state index in [9.17, 15) is 5.26 Å². The number of nitriles is 1. The molecule has 0 aromatic heterocycles. The first kappa shape index (κ1) is 15.9. The van der Waals surface area contributed by atoms with Crippen molar-refractivity contribution < 1.29 is 0 Å². The Morgan fingerprint density at radius 3 is 1.30 bits per heavy atom. The van der Waals surface area contributed by atoms with Crippen molar-refractivity contribution in [3.05, 3.63) is 0 Å². The van der Waals surface area contributed by atoms with Gasteiger partial charge in [-0.1, -0.05) is 77.0 Å². The fourth-order valence-corrected chi connectivity index (χ4v) is 4.34. The van der Waals surface area contributed by atoms with E-state index in [-0.39, 0.29) is 5.41 Å². The molecule has 0 aromatic carbocycles. The van der Waals surface area contributed by atoms with Gasteiger partial charge in [-0.25, -0.2) is 0 Å². The molecular weight excluding hydrogens is 242 g/mol. The van der Waals surface area contributed by atoms with E-state index in [4.69, 9.17) is 0 Å². The Balaban J connectivity index is 1.82. The van der Waals surface area contributed by atoms with E-state index in [0.29, 0.717) is 5.41 Å².